The first-order chi connectivity index (χ1) is 14.0. The van der Waals surface area contributed by atoms with Gasteiger partial charge in [0.2, 0.25) is 0 Å². The lowest BCUT2D eigenvalue weighted by Gasteiger charge is -1.99. The van der Waals surface area contributed by atoms with E-state index in [2.05, 4.69) is 20.0 Å². The molecule has 1 aromatic carbocycles. The number of ketones is 1. The van der Waals surface area contributed by atoms with Crippen LogP contribution in [0.25, 0.3) is 20.1 Å². The van der Waals surface area contributed by atoms with E-state index in [0.29, 0.717) is 4.88 Å². The standard InChI is InChI=1S/C19H13N3O4S3/c1-2-26-18(25)15(23)11-9-27-19(21-11)22-16(24)13-7-8-14(28-13)17-20-10-5-3-4-6-12(10)29-17/h3-9H,2H2,1H3,(H,21,22,24). The first-order valence-corrected chi connectivity index (χ1v) is 11.0. The number of para-hydroxylation sites is 1. The second kappa shape index (κ2) is 8.19. The highest BCUT2D eigenvalue weighted by molar-refractivity contribution is 7.26. The van der Waals surface area contributed by atoms with Crippen molar-refractivity contribution in [1.29, 1.82) is 0 Å². The Labute approximate surface area is 177 Å². The second-order valence-corrected chi connectivity index (χ2v) is 8.66. The summed E-state index contributed by atoms with van der Waals surface area (Å²) in [7, 11) is 0. The number of hydrogen-bond donors (Lipinski definition) is 1. The molecule has 3 aromatic heterocycles. The predicted octanol–water partition coefficient (Wildman–Crippen LogP) is 4.48. The number of nitrogens with zero attached hydrogens (tertiary/aromatic N) is 2. The lowest BCUT2D eigenvalue weighted by atomic mass is 10.3. The Morgan fingerprint density at radius 1 is 1.07 bits per heavy atom. The molecule has 0 aliphatic rings. The van der Waals surface area contributed by atoms with Crippen LogP contribution in [0.4, 0.5) is 5.13 Å². The molecule has 7 nitrogen and oxygen atoms in total. The van der Waals surface area contributed by atoms with Crippen LogP contribution in [-0.2, 0) is 9.53 Å². The molecule has 4 rings (SSSR count). The van der Waals surface area contributed by atoms with Gasteiger partial charge < -0.3 is 4.74 Å². The molecule has 0 aliphatic carbocycles. The predicted molar refractivity (Wildman–Crippen MR) is 114 cm³/mol. The molecule has 146 valence electrons. The quantitative estimate of drug-likeness (QED) is 0.268. The zero-order valence-electron chi connectivity index (χ0n) is 15.0. The molecule has 0 radical (unpaired) electrons. The van der Waals surface area contributed by atoms with Crippen molar-refractivity contribution >= 4 is 67.0 Å². The molecule has 0 fully saturated rings. The number of rotatable bonds is 6. The van der Waals surface area contributed by atoms with E-state index in [1.807, 2.05) is 30.3 Å². The van der Waals surface area contributed by atoms with Gasteiger partial charge in [0.15, 0.2) is 5.13 Å². The molecule has 0 spiro atoms. The molecule has 3 heterocycles. The van der Waals surface area contributed by atoms with Crippen LogP contribution in [-0.4, -0.2) is 34.2 Å². The SMILES string of the molecule is CCOC(=O)C(=O)c1csc(NC(=O)c2ccc(-c3nc4ccccc4s3)s2)n1. The molecular weight excluding hydrogens is 430 g/mol. The van der Waals surface area contributed by atoms with Crippen LogP contribution in [0.2, 0.25) is 0 Å². The highest BCUT2D eigenvalue weighted by atomic mass is 32.1. The zero-order chi connectivity index (χ0) is 20.4. The molecule has 10 heteroatoms. The number of aromatic nitrogens is 2. The van der Waals surface area contributed by atoms with Crippen LogP contribution in [0.1, 0.15) is 27.1 Å². The van der Waals surface area contributed by atoms with E-state index in [1.54, 1.807) is 24.3 Å². The zero-order valence-corrected chi connectivity index (χ0v) is 17.5. The highest BCUT2D eigenvalue weighted by Crippen LogP contribution is 2.34. The van der Waals surface area contributed by atoms with Gasteiger partial charge in [-0.1, -0.05) is 12.1 Å². The number of anilines is 1. The minimum Gasteiger partial charge on any atom is -0.460 e. The summed E-state index contributed by atoms with van der Waals surface area (Å²) in [5.74, 6) is -2.14. The normalized spacial score (nSPS) is 10.8. The summed E-state index contributed by atoms with van der Waals surface area (Å²) in [5, 5.41) is 5.15. The van der Waals surface area contributed by atoms with Gasteiger partial charge in [-0.05, 0) is 31.2 Å². The van der Waals surface area contributed by atoms with E-state index >= 15 is 0 Å². The van der Waals surface area contributed by atoms with Crippen LogP contribution in [0, 0.1) is 0 Å². The molecule has 29 heavy (non-hydrogen) atoms. The number of hydrogen-bond acceptors (Lipinski definition) is 9. The summed E-state index contributed by atoms with van der Waals surface area (Å²) in [5.41, 5.74) is 0.874. The van der Waals surface area contributed by atoms with Gasteiger partial charge >= 0.3 is 5.97 Å². The maximum absolute atomic E-state index is 12.5. The molecule has 0 saturated carbocycles. The number of nitrogens with one attached hydrogen (secondary N) is 1. The van der Waals surface area contributed by atoms with E-state index in [4.69, 9.17) is 0 Å². The molecule has 1 amide bonds. The summed E-state index contributed by atoms with van der Waals surface area (Å²) >= 11 is 3.96. The van der Waals surface area contributed by atoms with Crippen molar-refractivity contribution in [2.45, 2.75) is 6.92 Å². The Morgan fingerprint density at radius 3 is 2.69 bits per heavy atom. The Bertz CT molecular complexity index is 1190. The van der Waals surface area contributed by atoms with Crippen molar-refractivity contribution in [2.24, 2.45) is 0 Å². The first kappa shape index (κ1) is 19.4. The van der Waals surface area contributed by atoms with Gasteiger partial charge in [0.1, 0.15) is 10.7 Å². The maximum Gasteiger partial charge on any atom is 0.381 e. The number of esters is 1. The number of ether oxygens (including phenoxy) is 1. The number of carbonyl (C=O) groups is 3. The Kier molecular flexibility index (Phi) is 5.47. The Balaban J connectivity index is 1.47. The maximum atomic E-state index is 12.5. The molecule has 4 aromatic rings. The molecule has 1 N–H and O–H groups in total. The van der Waals surface area contributed by atoms with Gasteiger partial charge in [-0.25, -0.2) is 14.8 Å². The van der Waals surface area contributed by atoms with Crippen molar-refractivity contribution in [3.05, 3.63) is 52.3 Å². The topological polar surface area (TPSA) is 98.2 Å². The number of carbonyl (C=O) groups excluding carboxylic acids is 3. The largest absolute Gasteiger partial charge is 0.460 e. The van der Waals surface area contributed by atoms with Gasteiger partial charge in [0.25, 0.3) is 11.7 Å². The lowest BCUT2D eigenvalue weighted by molar-refractivity contribution is -0.137. The lowest BCUT2D eigenvalue weighted by Crippen LogP contribution is -2.18. The monoisotopic (exact) mass is 443 g/mol. The second-order valence-electron chi connectivity index (χ2n) is 5.69. The highest BCUT2D eigenvalue weighted by Gasteiger charge is 2.21. The van der Waals surface area contributed by atoms with Gasteiger partial charge in [-0.2, -0.15) is 0 Å². The number of Topliss-reactive ketones (excluding diaryl/α,β-unsaturated/α-hetero) is 1. The van der Waals surface area contributed by atoms with Gasteiger partial charge in [0, 0.05) is 5.38 Å². The summed E-state index contributed by atoms with van der Waals surface area (Å²) in [4.78, 5) is 45.9. The summed E-state index contributed by atoms with van der Waals surface area (Å²) < 4.78 is 5.76. The summed E-state index contributed by atoms with van der Waals surface area (Å²) in [6.07, 6.45) is 0. The molecule has 0 atom stereocenters. The molecule has 0 unspecified atom stereocenters. The van der Waals surface area contributed by atoms with Crippen LogP contribution in [0.5, 0.6) is 0 Å². The van der Waals surface area contributed by atoms with E-state index in [-0.39, 0.29) is 23.3 Å². The smallest absolute Gasteiger partial charge is 0.381 e. The van der Waals surface area contributed by atoms with E-state index < -0.39 is 11.8 Å². The van der Waals surface area contributed by atoms with Gasteiger partial charge in [-0.15, -0.1) is 34.0 Å². The van der Waals surface area contributed by atoms with Crippen molar-refractivity contribution < 1.29 is 19.1 Å². The average molecular weight is 444 g/mol. The van der Waals surface area contributed by atoms with Gasteiger partial charge in [0.05, 0.1) is 26.6 Å². The molecule has 0 bridgehead atoms. The minimum absolute atomic E-state index is 0.0508. The molecular formula is C19H13N3O4S3. The molecule has 0 saturated heterocycles. The van der Waals surface area contributed by atoms with E-state index in [9.17, 15) is 14.4 Å². The van der Waals surface area contributed by atoms with Crippen molar-refractivity contribution in [2.75, 3.05) is 11.9 Å². The average Bonchev–Trinajstić information content (AvgIpc) is 3.45. The number of amides is 1. The van der Waals surface area contributed by atoms with Crippen LogP contribution in [0.3, 0.4) is 0 Å². The Hall–Kier alpha value is -2.95. The third-order valence-corrected chi connectivity index (χ3v) is 6.80. The van der Waals surface area contributed by atoms with Crippen LogP contribution in [0.15, 0.2) is 41.8 Å². The number of fused-ring (bicyclic) bond motifs is 1. The third-order valence-electron chi connectivity index (χ3n) is 3.75. The van der Waals surface area contributed by atoms with Crippen molar-refractivity contribution in [1.82, 2.24) is 9.97 Å². The van der Waals surface area contributed by atoms with Crippen molar-refractivity contribution in [3.63, 3.8) is 0 Å². The number of thiazole rings is 2. The fourth-order valence-corrected chi connectivity index (χ4v) is 5.06. The summed E-state index contributed by atoms with van der Waals surface area (Å²) in [6.45, 7) is 1.72. The fourth-order valence-electron chi connectivity index (χ4n) is 2.45. The fraction of sp³-hybridized carbons (Fsp3) is 0.105. The summed E-state index contributed by atoms with van der Waals surface area (Å²) in [6, 6.07) is 11.4. The van der Waals surface area contributed by atoms with E-state index in [0.717, 1.165) is 31.4 Å². The number of thiophene rings is 1. The van der Waals surface area contributed by atoms with Crippen LogP contribution < -0.4 is 5.32 Å². The third kappa shape index (κ3) is 4.09. The number of benzene rings is 1. The van der Waals surface area contributed by atoms with Gasteiger partial charge in [-0.3, -0.25) is 14.9 Å². The van der Waals surface area contributed by atoms with Crippen molar-refractivity contribution in [3.8, 4) is 9.88 Å². The molecule has 0 aliphatic heterocycles. The van der Waals surface area contributed by atoms with E-state index in [1.165, 1.54) is 16.7 Å². The Morgan fingerprint density at radius 2 is 1.90 bits per heavy atom. The minimum atomic E-state index is -0.964. The van der Waals surface area contributed by atoms with Crippen LogP contribution >= 0.6 is 34.0 Å². The first-order valence-electron chi connectivity index (χ1n) is 8.49.